The second kappa shape index (κ2) is 10.6. The molecule has 2 aromatic rings. The van der Waals surface area contributed by atoms with Crippen molar-refractivity contribution >= 4 is 0 Å². The highest BCUT2D eigenvalue weighted by molar-refractivity contribution is 5.36. The Morgan fingerprint density at radius 1 is 0.600 bits per heavy atom. The minimum atomic E-state index is -0.603. The summed E-state index contributed by atoms with van der Waals surface area (Å²) in [6.07, 6.45) is 2.18. The number of ether oxygens (including phenoxy) is 2. The molecule has 0 aliphatic rings. The molecule has 2 aromatic carbocycles. The van der Waals surface area contributed by atoms with E-state index in [-0.39, 0.29) is 0 Å². The van der Waals surface area contributed by atoms with Gasteiger partial charge in [0.1, 0.15) is 11.2 Å². The lowest BCUT2D eigenvalue weighted by molar-refractivity contribution is -0.203. The van der Waals surface area contributed by atoms with E-state index in [9.17, 15) is 0 Å². The summed E-state index contributed by atoms with van der Waals surface area (Å²) >= 11 is 0. The van der Waals surface area contributed by atoms with Gasteiger partial charge in [-0.1, -0.05) is 76.2 Å². The highest BCUT2D eigenvalue weighted by Gasteiger charge is 2.49. The van der Waals surface area contributed by atoms with Crippen LogP contribution in [0.15, 0.2) is 48.5 Å². The first-order valence-electron chi connectivity index (χ1n) is 11.6. The third-order valence-electron chi connectivity index (χ3n) is 6.07. The van der Waals surface area contributed by atoms with Crippen molar-refractivity contribution in [2.75, 3.05) is 13.2 Å². The van der Waals surface area contributed by atoms with Gasteiger partial charge in [-0.15, -0.1) is 0 Å². The predicted octanol–water partition coefficient (Wildman–Crippen LogP) is 7.29. The monoisotopic (exact) mass is 410 g/mol. The van der Waals surface area contributed by atoms with Crippen molar-refractivity contribution in [3.63, 3.8) is 0 Å². The highest BCUT2D eigenvalue weighted by Crippen LogP contribution is 2.46. The number of hydrogen-bond donors (Lipinski definition) is 0. The minimum absolute atomic E-state index is 0.603. The van der Waals surface area contributed by atoms with Gasteiger partial charge in [0.25, 0.3) is 0 Å². The Kier molecular flexibility index (Phi) is 8.70. The van der Waals surface area contributed by atoms with E-state index in [1.54, 1.807) is 0 Å². The lowest BCUT2D eigenvalue weighted by atomic mass is 9.74. The van der Waals surface area contributed by atoms with Crippen molar-refractivity contribution in [3.8, 4) is 0 Å². The molecule has 0 aliphatic carbocycles. The fraction of sp³-hybridized carbons (Fsp3) is 0.571. The maximum Gasteiger partial charge on any atom is 0.123 e. The van der Waals surface area contributed by atoms with Crippen LogP contribution in [0.5, 0.6) is 0 Å². The minimum Gasteiger partial charge on any atom is -0.367 e. The van der Waals surface area contributed by atoms with E-state index in [0.717, 1.165) is 24.0 Å². The quantitative estimate of drug-likeness (QED) is 0.387. The molecule has 2 heteroatoms. The van der Waals surface area contributed by atoms with E-state index >= 15 is 0 Å². The Balaban J connectivity index is 2.49. The van der Waals surface area contributed by atoms with Crippen LogP contribution in [-0.4, -0.2) is 13.2 Å². The molecule has 0 amide bonds. The molecule has 0 fully saturated rings. The van der Waals surface area contributed by atoms with Crippen molar-refractivity contribution in [1.82, 2.24) is 0 Å². The average molecular weight is 411 g/mol. The smallest absolute Gasteiger partial charge is 0.123 e. The summed E-state index contributed by atoms with van der Waals surface area (Å²) in [6.45, 7) is 18.7. The fourth-order valence-electron chi connectivity index (χ4n) is 4.43. The standard InChI is InChI=1S/C28H42O2/c1-9-29-27(7,25-15-11-23(12-16-25)19-21(3)4)28(8,30-10-2)26-17-13-24(14-18-26)20-22(5)6/h11-18,21-22H,9-10,19-20H2,1-8H3. The summed E-state index contributed by atoms with van der Waals surface area (Å²) in [6, 6.07) is 17.8. The van der Waals surface area contributed by atoms with Crippen LogP contribution in [0.4, 0.5) is 0 Å². The molecule has 2 unspecified atom stereocenters. The molecule has 166 valence electrons. The Morgan fingerprint density at radius 3 is 1.13 bits per heavy atom. The third kappa shape index (κ3) is 5.53. The van der Waals surface area contributed by atoms with Crippen molar-refractivity contribution < 1.29 is 9.47 Å². The zero-order valence-electron chi connectivity index (χ0n) is 20.4. The molecular weight excluding hydrogens is 368 g/mol. The summed E-state index contributed by atoms with van der Waals surface area (Å²) in [5.41, 5.74) is 3.83. The maximum absolute atomic E-state index is 6.48. The number of hydrogen-bond acceptors (Lipinski definition) is 2. The number of benzene rings is 2. The summed E-state index contributed by atoms with van der Waals surface area (Å²) in [5.74, 6) is 1.29. The highest BCUT2D eigenvalue weighted by atomic mass is 16.6. The first-order chi connectivity index (χ1) is 14.2. The van der Waals surface area contributed by atoms with Crippen molar-refractivity contribution in [3.05, 3.63) is 70.8 Å². The van der Waals surface area contributed by atoms with Gasteiger partial charge in [0.05, 0.1) is 0 Å². The van der Waals surface area contributed by atoms with Gasteiger partial charge in [0, 0.05) is 13.2 Å². The van der Waals surface area contributed by atoms with Gasteiger partial charge < -0.3 is 9.47 Å². The lowest BCUT2D eigenvalue weighted by Gasteiger charge is -2.46. The topological polar surface area (TPSA) is 18.5 Å². The predicted molar refractivity (Wildman–Crippen MR) is 128 cm³/mol. The summed E-state index contributed by atoms with van der Waals surface area (Å²) in [5, 5.41) is 0. The van der Waals surface area contributed by atoms with Crippen LogP contribution in [0.25, 0.3) is 0 Å². The first-order valence-corrected chi connectivity index (χ1v) is 11.6. The second-order valence-electron chi connectivity index (χ2n) is 9.52. The Bertz CT molecular complexity index is 693. The van der Waals surface area contributed by atoms with E-state index < -0.39 is 11.2 Å². The molecule has 0 aliphatic heterocycles. The Morgan fingerprint density at radius 2 is 0.900 bits per heavy atom. The Labute approximate surface area is 185 Å². The van der Waals surface area contributed by atoms with Gasteiger partial charge in [-0.05, 0) is 74.6 Å². The van der Waals surface area contributed by atoms with Crippen LogP contribution in [0.1, 0.15) is 77.6 Å². The average Bonchev–Trinajstić information content (AvgIpc) is 2.68. The fourth-order valence-corrected chi connectivity index (χ4v) is 4.43. The van der Waals surface area contributed by atoms with Gasteiger partial charge in [-0.25, -0.2) is 0 Å². The van der Waals surface area contributed by atoms with E-state index in [4.69, 9.17) is 9.47 Å². The molecule has 0 bridgehead atoms. The molecule has 0 saturated carbocycles. The summed E-state index contributed by atoms with van der Waals surface area (Å²) < 4.78 is 13.0. The van der Waals surface area contributed by atoms with Crippen LogP contribution >= 0.6 is 0 Å². The third-order valence-corrected chi connectivity index (χ3v) is 6.07. The van der Waals surface area contributed by atoms with E-state index in [2.05, 4.69) is 104 Å². The zero-order chi connectivity index (χ0) is 22.4. The summed E-state index contributed by atoms with van der Waals surface area (Å²) in [7, 11) is 0. The Hall–Kier alpha value is -1.64. The van der Waals surface area contributed by atoms with Crippen molar-refractivity contribution in [1.29, 1.82) is 0 Å². The van der Waals surface area contributed by atoms with E-state index in [1.165, 1.54) is 11.1 Å². The van der Waals surface area contributed by atoms with Gasteiger partial charge in [-0.2, -0.15) is 0 Å². The molecule has 2 rings (SSSR count). The van der Waals surface area contributed by atoms with E-state index in [0.29, 0.717) is 25.0 Å². The van der Waals surface area contributed by atoms with Crippen LogP contribution < -0.4 is 0 Å². The maximum atomic E-state index is 6.48. The normalized spacial score (nSPS) is 15.9. The van der Waals surface area contributed by atoms with Crippen molar-refractivity contribution in [2.45, 2.75) is 79.4 Å². The molecule has 0 heterocycles. The molecule has 30 heavy (non-hydrogen) atoms. The second-order valence-corrected chi connectivity index (χ2v) is 9.52. The lowest BCUT2D eigenvalue weighted by Crippen LogP contribution is -2.49. The first kappa shape index (κ1) is 24.6. The number of rotatable bonds is 11. The molecule has 0 saturated heterocycles. The SMILES string of the molecule is CCOC(C)(c1ccc(CC(C)C)cc1)C(C)(OCC)c1ccc(CC(C)C)cc1. The molecule has 0 aromatic heterocycles. The van der Waals surface area contributed by atoms with Crippen LogP contribution in [0.3, 0.4) is 0 Å². The molecular formula is C28H42O2. The van der Waals surface area contributed by atoms with Gasteiger partial charge in [-0.3, -0.25) is 0 Å². The van der Waals surface area contributed by atoms with E-state index in [1.807, 2.05) is 0 Å². The zero-order valence-corrected chi connectivity index (χ0v) is 20.4. The van der Waals surface area contributed by atoms with Crippen LogP contribution in [0.2, 0.25) is 0 Å². The van der Waals surface area contributed by atoms with Gasteiger partial charge >= 0.3 is 0 Å². The molecule has 2 nitrogen and oxygen atoms in total. The molecule has 0 radical (unpaired) electrons. The summed E-state index contributed by atoms with van der Waals surface area (Å²) in [4.78, 5) is 0. The molecule has 2 atom stereocenters. The largest absolute Gasteiger partial charge is 0.367 e. The molecule has 0 spiro atoms. The van der Waals surface area contributed by atoms with Gasteiger partial charge in [0.2, 0.25) is 0 Å². The van der Waals surface area contributed by atoms with Gasteiger partial charge in [0.15, 0.2) is 0 Å². The molecule has 0 N–H and O–H groups in total. The van der Waals surface area contributed by atoms with Crippen molar-refractivity contribution in [2.24, 2.45) is 11.8 Å². The van der Waals surface area contributed by atoms with Crippen LogP contribution in [0, 0.1) is 11.8 Å². The van der Waals surface area contributed by atoms with Crippen LogP contribution in [-0.2, 0) is 33.5 Å².